The van der Waals surface area contributed by atoms with Crippen molar-refractivity contribution in [3.63, 3.8) is 0 Å². The van der Waals surface area contributed by atoms with E-state index < -0.39 is 27.9 Å². The summed E-state index contributed by atoms with van der Waals surface area (Å²) in [5.41, 5.74) is 1.75. The van der Waals surface area contributed by atoms with Crippen molar-refractivity contribution < 1.29 is 32.2 Å². The molecule has 10 heteroatoms. The molecule has 0 bridgehead atoms. The second-order valence-corrected chi connectivity index (χ2v) is 9.16. The van der Waals surface area contributed by atoms with Gasteiger partial charge in [-0.25, -0.2) is 13.2 Å². The van der Waals surface area contributed by atoms with Gasteiger partial charge in [0.2, 0.25) is 15.9 Å². The third-order valence-corrected chi connectivity index (χ3v) is 6.11. The minimum atomic E-state index is -3.80. The number of carbonyl (C=O) groups excluding carboxylic acids is 2. The Bertz CT molecular complexity index is 1130. The Balaban J connectivity index is 1.84. The normalized spacial score (nSPS) is 13.8. The van der Waals surface area contributed by atoms with Crippen LogP contribution in [0.15, 0.2) is 36.4 Å². The van der Waals surface area contributed by atoms with Crippen LogP contribution in [0.1, 0.15) is 29.8 Å². The van der Waals surface area contributed by atoms with E-state index in [1.54, 1.807) is 50.2 Å². The van der Waals surface area contributed by atoms with Crippen LogP contribution in [-0.4, -0.2) is 52.4 Å². The summed E-state index contributed by atoms with van der Waals surface area (Å²) in [6, 6.07) is 8.40. The summed E-state index contributed by atoms with van der Waals surface area (Å²) in [6.45, 7) is 5.97. The van der Waals surface area contributed by atoms with E-state index in [2.05, 4.69) is 5.32 Å². The van der Waals surface area contributed by atoms with E-state index in [0.717, 1.165) is 10.6 Å². The fraction of sp³-hybridized carbons (Fsp3) is 0.364. The van der Waals surface area contributed by atoms with Crippen molar-refractivity contribution in [2.24, 2.45) is 0 Å². The minimum absolute atomic E-state index is 0.259. The highest BCUT2D eigenvalue weighted by Crippen LogP contribution is 2.35. The van der Waals surface area contributed by atoms with Crippen molar-refractivity contribution in [1.82, 2.24) is 0 Å². The van der Waals surface area contributed by atoms with Crippen LogP contribution in [0.4, 0.5) is 11.4 Å². The predicted octanol–water partition coefficient (Wildman–Crippen LogP) is 2.74. The Kier molecular flexibility index (Phi) is 6.93. The smallest absolute Gasteiger partial charge is 0.338 e. The Morgan fingerprint density at radius 1 is 1.12 bits per heavy atom. The fourth-order valence-electron chi connectivity index (χ4n) is 3.36. The summed E-state index contributed by atoms with van der Waals surface area (Å²) in [6.07, 6.45) is 1.03. The largest absolute Gasteiger partial charge is 0.486 e. The zero-order chi connectivity index (χ0) is 23.5. The molecule has 1 N–H and O–H groups in total. The van der Waals surface area contributed by atoms with E-state index in [9.17, 15) is 18.0 Å². The van der Waals surface area contributed by atoms with Gasteiger partial charge in [0.25, 0.3) is 0 Å². The number of carbonyl (C=O) groups is 2. The van der Waals surface area contributed by atoms with Crippen molar-refractivity contribution in [2.75, 3.05) is 35.7 Å². The number of hydrogen-bond donors (Lipinski definition) is 1. The first kappa shape index (κ1) is 23.4. The van der Waals surface area contributed by atoms with Gasteiger partial charge < -0.3 is 19.5 Å². The molecule has 172 valence electrons. The van der Waals surface area contributed by atoms with E-state index >= 15 is 0 Å². The van der Waals surface area contributed by atoms with Gasteiger partial charge in [-0.05, 0) is 56.7 Å². The molecule has 1 aliphatic heterocycles. The van der Waals surface area contributed by atoms with Crippen LogP contribution >= 0.6 is 0 Å². The zero-order valence-corrected chi connectivity index (χ0v) is 19.2. The molecule has 0 radical (unpaired) electrons. The van der Waals surface area contributed by atoms with Gasteiger partial charge in [0, 0.05) is 11.8 Å². The van der Waals surface area contributed by atoms with Gasteiger partial charge in [0.05, 0.1) is 24.1 Å². The molecule has 0 fully saturated rings. The third kappa shape index (κ3) is 5.13. The van der Waals surface area contributed by atoms with Crippen LogP contribution in [0.3, 0.4) is 0 Å². The average Bonchev–Trinajstić information content (AvgIpc) is 2.74. The van der Waals surface area contributed by atoms with Gasteiger partial charge in [-0.3, -0.25) is 9.10 Å². The molecule has 9 nitrogen and oxygen atoms in total. The summed E-state index contributed by atoms with van der Waals surface area (Å²) >= 11 is 0. The SMILES string of the molecule is CCOC(=O)c1ccc(NC(=O)[C@H](C)N(c2ccc3c(c2)OCCO3)S(C)(=O)=O)c(C)c1. The van der Waals surface area contributed by atoms with Gasteiger partial charge in [-0.2, -0.15) is 0 Å². The van der Waals surface area contributed by atoms with E-state index in [4.69, 9.17) is 14.2 Å². The van der Waals surface area contributed by atoms with Gasteiger partial charge in [-0.1, -0.05) is 0 Å². The summed E-state index contributed by atoms with van der Waals surface area (Å²) < 4.78 is 42.2. The van der Waals surface area contributed by atoms with Crippen molar-refractivity contribution in [2.45, 2.75) is 26.8 Å². The summed E-state index contributed by atoms with van der Waals surface area (Å²) in [5.74, 6) is -0.0516. The average molecular weight is 463 g/mol. The van der Waals surface area contributed by atoms with E-state index in [0.29, 0.717) is 41.5 Å². The number of ether oxygens (including phenoxy) is 3. The van der Waals surface area contributed by atoms with Crippen molar-refractivity contribution in [3.8, 4) is 11.5 Å². The number of nitrogens with zero attached hydrogens (tertiary/aromatic N) is 1. The number of esters is 1. The molecule has 0 spiro atoms. The lowest BCUT2D eigenvalue weighted by Crippen LogP contribution is -2.45. The first-order valence-electron chi connectivity index (χ1n) is 10.1. The Labute approximate surface area is 187 Å². The molecular formula is C22H26N2O7S. The standard InChI is InChI=1S/C22H26N2O7S/c1-5-29-22(26)16-6-8-18(14(2)12-16)23-21(25)15(3)24(32(4,27)28)17-7-9-19-20(13-17)31-11-10-30-19/h6-9,12-13,15H,5,10-11H2,1-4H3,(H,23,25)/t15-/m0/s1. The Morgan fingerprint density at radius 3 is 2.44 bits per heavy atom. The molecule has 1 atom stereocenters. The molecular weight excluding hydrogens is 436 g/mol. The van der Waals surface area contributed by atoms with E-state index in [1.807, 2.05) is 0 Å². The van der Waals surface area contributed by atoms with Crippen LogP contribution in [0.25, 0.3) is 0 Å². The lowest BCUT2D eigenvalue weighted by Gasteiger charge is -2.29. The van der Waals surface area contributed by atoms with Crippen molar-refractivity contribution in [1.29, 1.82) is 0 Å². The molecule has 32 heavy (non-hydrogen) atoms. The van der Waals surface area contributed by atoms with Crippen LogP contribution < -0.4 is 19.1 Å². The summed E-state index contributed by atoms with van der Waals surface area (Å²) in [7, 11) is -3.80. The number of fused-ring (bicyclic) bond motifs is 1. The second-order valence-electron chi connectivity index (χ2n) is 7.30. The number of hydrogen-bond acceptors (Lipinski definition) is 7. The van der Waals surface area contributed by atoms with Gasteiger partial charge in [0.1, 0.15) is 19.3 Å². The molecule has 0 saturated carbocycles. The van der Waals surface area contributed by atoms with Gasteiger partial charge >= 0.3 is 5.97 Å². The highest BCUT2D eigenvalue weighted by molar-refractivity contribution is 7.92. The number of rotatable bonds is 7. The van der Waals surface area contributed by atoms with Crippen LogP contribution in [0.2, 0.25) is 0 Å². The molecule has 0 aromatic heterocycles. The maximum Gasteiger partial charge on any atom is 0.338 e. The maximum atomic E-state index is 13.0. The second kappa shape index (κ2) is 9.47. The quantitative estimate of drug-likeness (QED) is 0.630. The highest BCUT2D eigenvalue weighted by atomic mass is 32.2. The number of sulfonamides is 1. The molecule has 0 aliphatic carbocycles. The monoisotopic (exact) mass is 462 g/mol. The molecule has 1 amide bonds. The zero-order valence-electron chi connectivity index (χ0n) is 18.4. The molecule has 1 heterocycles. The lowest BCUT2D eigenvalue weighted by molar-refractivity contribution is -0.116. The topological polar surface area (TPSA) is 111 Å². The molecule has 0 unspecified atom stereocenters. The number of benzene rings is 2. The number of anilines is 2. The molecule has 3 rings (SSSR count). The minimum Gasteiger partial charge on any atom is -0.486 e. The first-order chi connectivity index (χ1) is 15.1. The fourth-order valence-corrected chi connectivity index (χ4v) is 4.53. The third-order valence-electron chi connectivity index (χ3n) is 4.86. The summed E-state index contributed by atoms with van der Waals surface area (Å²) in [5, 5.41) is 2.74. The maximum absolute atomic E-state index is 13.0. The number of aryl methyl sites for hydroxylation is 1. The molecule has 2 aromatic carbocycles. The molecule has 2 aromatic rings. The summed E-state index contributed by atoms with van der Waals surface area (Å²) in [4.78, 5) is 24.9. The number of amides is 1. The van der Waals surface area contributed by atoms with Crippen molar-refractivity contribution >= 4 is 33.3 Å². The first-order valence-corrected chi connectivity index (χ1v) is 11.9. The van der Waals surface area contributed by atoms with Gasteiger partial charge in [-0.15, -0.1) is 0 Å². The van der Waals surface area contributed by atoms with E-state index in [-0.39, 0.29) is 12.3 Å². The van der Waals surface area contributed by atoms with Gasteiger partial charge in [0.15, 0.2) is 11.5 Å². The highest BCUT2D eigenvalue weighted by Gasteiger charge is 2.30. The molecule has 1 aliphatic rings. The van der Waals surface area contributed by atoms with Crippen LogP contribution in [0, 0.1) is 6.92 Å². The van der Waals surface area contributed by atoms with Crippen LogP contribution in [-0.2, 0) is 19.6 Å². The Morgan fingerprint density at radius 2 is 1.81 bits per heavy atom. The van der Waals surface area contributed by atoms with E-state index in [1.165, 1.54) is 6.92 Å². The molecule has 0 saturated heterocycles. The lowest BCUT2D eigenvalue weighted by atomic mass is 10.1. The van der Waals surface area contributed by atoms with Crippen LogP contribution in [0.5, 0.6) is 11.5 Å². The number of nitrogens with one attached hydrogen (secondary N) is 1. The predicted molar refractivity (Wildman–Crippen MR) is 120 cm³/mol. The Hall–Kier alpha value is -3.27. The van der Waals surface area contributed by atoms with Crippen molar-refractivity contribution in [3.05, 3.63) is 47.5 Å².